The van der Waals surface area contributed by atoms with Gasteiger partial charge in [-0.3, -0.25) is 0 Å². The molecule has 2 heterocycles. The van der Waals surface area contributed by atoms with Gasteiger partial charge in [-0.25, -0.2) is 14.6 Å². The summed E-state index contributed by atoms with van der Waals surface area (Å²) in [7, 11) is 0. The number of esters is 2. The lowest BCUT2D eigenvalue weighted by molar-refractivity contribution is -0.145. The minimum absolute atomic E-state index is 0.0545. The van der Waals surface area contributed by atoms with E-state index in [9.17, 15) is 9.59 Å². The zero-order valence-electron chi connectivity index (χ0n) is 8.18. The number of ether oxygens (including phenoxy) is 2. The van der Waals surface area contributed by atoms with E-state index in [1.54, 1.807) is 6.07 Å². The Morgan fingerprint density at radius 1 is 1.62 bits per heavy atom. The van der Waals surface area contributed by atoms with E-state index in [0.717, 1.165) is 0 Å². The predicted molar refractivity (Wildman–Crippen MR) is 54.0 cm³/mol. The maximum atomic E-state index is 11.6. The number of pyridine rings is 1. The van der Waals surface area contributed by atoms with Crippen LogP contribution in [0, 0.1) is 0 Å². The molecule has 5 nitrogen and oxygen atoms in total. The number of carbonyl (C=O) groups excluding carboxylic acids is 2. The van der Waals surface area contributed by atoms with Crippen molar-refractivity contribution in [3.63, 3.8) is 0 Å². The number of aromatic nitrogens is 1. The van der Waals surface area contributed by atoms with Gasteiger partial charge in [-0.15, -0.1) is 0 Å². The summed E-state index contributed by atoms with van der Waals surface area (Å²) in [4.78, 5) is 26.4. The first-order valence-corrected chi connectivity index (χ1v) is 5.04. The zero-order valence-corrected chi connectivity index (χ0v) is 8.94. The smallest absolute Gasteiger partial charge is 0.347 e. The largest absolute Gasteiger partial charge is 0.463 e. The lowest BCUT2D eigenvalue weighted by Crippen LogP contribution is -2.22. The van der Waals surface area contributed by atoms with E-state index in [1.165, 1.54) is 12.3 Å². The molecule has 6 heteroatoms. The van der Waals surface area contributed by atoms with Crippen molar-refractivity contribution >= 4 is 23.5 Å². The zero-order chi connectivity index (χ0) is 11.5. The Hall–Kier alpha value is -1.62. The van der Waals surface area contributed by atoms with Crippen LogP contribution in [-0.2, 0) is 14.3 Å². The summed E-state index contributed by atoms with van der Waals surface area (Å²) in [5.74, 6) is -1.18. The molecule has 0 spiro atoms. The van der Waals surface area contributed by atoms with Gasteiger partial charge in [-0.1, -0.05) is 11.6 Å². The lowest BCUT2D eigenvalue weighted by atomic mass is 10.2. The standard InChI is InChI=1S/C10H8ClNO4/c11-8-6(2-1-4-12-8)9(13)16-7-3-5-15-10(7)14/h1-2,4,7H,3,5H2. The average molecular weight is 242 g/mol. The van der Waals surface area contributed by atoms with Gasteiger partial charge in [0.15, 0.2) is 0 Å². The summed E-state index contributed by atoms with van der Waals surface area (Å²) in [5.41, 5.74) is 0.142. The third-order valence-corrected chi connectivity index (χ3v) is 2.42. The van der Waals surface area contributed by atoms with E-state index < -0.39 is 18.0 Å². The maximum absolute atomic E-state index is 11.6. The highest BCUT2D eigenvalue weighted by atomic mass is 35.5. The van der Waals surface area contributed by atoms with Crippen molar-refractivity contribution in [3.8, 4) is 0 Å². The molecule has 0 aliphatic carbocycles. The molecule has 0 amide bonds. The summed E-state index contributed by atoms with van der Waals surface area (Å²) in [6.45, 7) is 0.275. The van der Waals surface area contributed by atoms with Gasteiger partial charge in [0.25, 0.3) is 0 Å². The van der Waals surface area contributed by atoms with Crippen LogP contribution in [0.1, 0.15) is 16.8 Å². The fourth-order valence-electron chi connectivity index (χ4n) is 1.32. The second-order valence-corrected chi connectivity index (χ2v) is 3.55. The summed E-state index contributed by atoms with van der Waals surface area (Å²) >= 11 is 5.71. The maximum Gasteiger partial charge on any atom is 0.347 e. The third-order valence-electron chi connectivity index (χ3n) is 2.12. The van der Waals surface area contributed by atoms with Gasteiger partial charge < -0.3 is 9.47 Å². The average Bonchev–Trinajstić information content (AvgIpc) is 2.65. The van der Waals surface area contributed by atoms with Crippen LogP contribution in [0.2, 0.25) is 5.15 Å². The summed E-state index contributed by atoms with van der Waals surface area (Å²) in [5, 5.41) is 0.0545. The Kier molecular flexibility index (Phi) is 3.05. The van der Waals surface area contributed by atoms with Crippen molar-refractivity contribution in [1.29, 1.82) is 0 Å². The highest BCUT2D eigenvalue weighted by Crippen LogP contribution is 2.17. The Morgan fingerprint density at radius 3 is 3.06 bits per heavy atom. The summed E-state index contributed by atoms with van der Waals surface area (Å²) in [6, 6.07) is 3.05. The van der Waals surface area contributed by atoms with Gasteiger partial charge in [0.2, 0.25) is 6.10 Å². The first-order valence-electron chi connectivity index (χ1n) is 4.66. The van der Waals surface area contributed by atoms with Gasteiger partial charge in [0.1, 0.15) is 5.15 Å². The molecule has 1 saturated heterocycles. The van der Waals surface area contributed by atoms with Crippen molar-refractivity contribution in [2.45, 2.75) is 12.5 Å². The van der Waals surface area contributed by atoms with E-state index in [2.05, 4.69) is 9.72 Å². The van der Waals surface area contributed by atoms with Crippen molar-refractivity contribution in [2.75, 3.05) is 6.61 Å². The lowest BCUT2D eigenvalue weighted by Gasteiger charge is -2.08. The quantitative estimate of drug-likeness (QED) is 0.575. The number of carbonyl (C=O) groups is 2. The topological polar surface area (TPSA) is 65.5 Å². The molecule has 16 heavy (non-hydrogen) atoms. The van der Waals surface area contributed by atoms with Crippen LogP contribution in [0.4, 0.5) is 0 Å². The van der Waals surface area contributed by atoms with Crippen molar-refractivity contribution in [2.24, 2.45) is 0 Å². The number of halogens is 1. The normalized spacial score (nSPS) is 19.3. The van der Waals surface area contributed by atoms with Crippen molar-refractivity contribution in [1.82, 2.24) is 4.98 Å². The van der Waals surface area contributed by atoms with E-state index in [1.807, 2.05) is 0 Å². The number of rotatable bonds is 2. The molecule has 0 bridgehead atoms. The van der Waals surface area contributed by atoms with Crippen molar-refractivity contribution in [3.05, 3.63) is 29.0 Å². The number of hydrogen-bond acceptors (Lipinski definition) is 5. The molecule has 84 valence electrons. The van der Waals surface area contributed by atoms with E-state index in [-0.39, 0.29) is 17.3 Å². The molecule has 1 aliphatic rings. The molecular weight excluding hydrogens is 234 g/mol. The molecular formula is C10H8ClNO4. The predicted octanol–water partition coefficient (Wildman–Crippen LogP) is 1.21. The van der Waals surface area contributed by atoms with Gasteiger partial charge in [-0.2, -0.15) is 0 Å². The van der Waals surface area contributed by atoms with E-state index in [4.69, 9.17) is 16.3 Å². The molecule has 1 fully saturated rings. The molecule has 1 atom stereocenters. The molecule has 1 aromatic heterocycles. The van der Waals surface area contributed by atoms with Crippen molar-refractivity contribution < 1.29 is 19.1 Å². The number of nitrogens with zero attached hydrogens (tertiary/aromatic N) is 1. The molecule has 1 unspecified atom stereocenters. The van der Waals surface area contributed by atoms with Crippen LogP contribution in [0.25, 0.3) is 0 Å². The van der Waals surface area contributed by atoms with Crippen LogP contribution in [0.15, 0.2) is 18.3 Å². The fourth-order valence-corrected chi connectivity index (χ4v) is 1.51. The molecule has 0 aromatic carbocycles. The first-order chi connectivity index (χ1) is 7.68. The molecule has 0 N–H and O–H groups in total. The van der Waals surface area contributed by atoms with Gasteiger partial charge >= 0.3 is 11.9 Å². The summed E-state index contributed by atoms with van der Waals surface area (Å²) < 4.78 is 9.62. The number of hydrogen-bond donors (Lipinski definition) is 0. The molecule has 1 aromatic rings. The first kappa shape index (κ1) is 10.9. The van der Waals surface area contributed by atoms with Gasteiger partial charge in [0, 0.05) is 12.6 Å². The molecule has 0 radical (unpaired) electrons. The minimum Gasteiger partial charge on any atom is -0.463 e. The van der Waals surface area contributed by atoms with E-state index in [0.29, 0.717) is 6.42 Å². The van der Waals surface area contributed by atoms with Crippen LogP contribution >= 0.6 is 11.6 Å². The van der Waals surface area contributed by atoms with Gasteiger partial charge in [0.05, 0.1) is 12.2 Å². The minimum atomic E-state index is -0.830. The SMILES string of the molecule is O=C(OC1CCOC1=O)c1cccnc1Cl. The van der Waals surface area contributed by atoms with E-state index >= 15 is 0 Å². The van der Waals surface area contributed by atoms with Crippen LogP contribution in [0.3, 0.4) is 0 Å². The third kappa shape index (κ3) is 2.14. The van der Waals surface area contributed by atoms with Crippen LogP contribution in [0.5, 0.6) is 0 Å². The van der Waals surface area contributed by atoms with Gasteiger partial charge in [-0.05, 0) is 12.1 Å². The van der Waals surface area contributed by atoms with Crippen LogP contribution in [-0.4, -0.2) is 29.6 Å². The summed E-state index contributed by atoms with van der Waals surface area (Å²) in [6.07, 6.45) is 1.01. The molecule has 0 saturated carbocycles. The number of cyclic esters (lactones) is 1. The highest BCUT2D eigenvalue weighted by molar-refractivity contribution is 6.32. The Morgan fingerprint density at radius 2 is 2.44 bits per heavy atom. The Balaban J connectivity index is 2.09. The molecule has 1 aliphatic heterocycles. The monoisotopic (exact) mass is 241 g/mol. The second kappa shape index (κ2) is 4.49. The molecule has 2 rings (SSSR count). The fraction of sp³-hybridized carbons (Fsp3) is 0.300. The van der Waals surface area contributed by atoms with Crippen LogP contribution < -0.4 is 0 Å². The Labute approximate surface area is 96.3 Å². The Bertz CT molecular complexity index is 435. The second-order valence-electron chi connectivity index (χ2n) is 3.19. The highest BCUT2D eigenvalue weighted by Gasteiger charge is 2.31.